The molecule has 2 atom stereocenters. The topological polar surface area (TPSA) is 92.7 Å². The summed E-state index contributed by atoms with van der Waals surface area (Å²) in [6.07, 6.45) is 1.39. The second kappa shape index (κ2) is 6.44. The van der Waals surface area contributed by atoms with Gasteiger partial charge in [0.1, 0.15) is 5.75 Å². The fourth-order valence-electron chi connectivity index (χ4n) is 2.48. The molecule has 2 rings (SSSR count). The number of carboxylic acids is 1. The Hall–Kier alpha value is -1.60. The molecule has 0 heterocycles. The van der Waals surface area contributed by atoms with E-state index in [0.717, 1.165) is 0 Å². The van der Waals surface area contributed by atoms with Gasteiger partial charge in [-0.2, -0.15) is 0 Å². The first-order chi connectivity index (χ1) is 9.92. The second-order valence-electron chi connectivity index (χ2n) is 5.07. The van der Waals surface area contributed by atoms with Crippen molar-refractivity contribution in [3.05, 3.63) is 24.3 Å². The average Bonchev–Trinajstić information content (AvgIpc) is 2.88. The van der Waals surface area contributed by atoms with Gasteiger partial charge in [0.2, 0.25) is 10.0 Å². The Labute approximate surface area is 124 Å². The Morgan fingerprint density at radius 3 is 2.52 bits per heavy atom. The Kier molecular flexibility index (Phi) is 4.84. The van der Waals surface area contributed by atoms with Crippen molar-refractivity contribution in [1.29, 1.82) is 0 Å². The van der Waals surface area contributed by atoms with E-state index in [0.29, 0.717) is 31.6 Å². The Bertz CT molecular complexity index is 596. The van der Waals surface area contributed by atoms with Gasteiger partial charge in [0.25, 0.3) is 0 Å². The van der Waals surface area contributed by atoms with Crippen molar-refractivity contribution in [3.63, 3.8) is 0 Å². The lowest BCUT2D eigenvalue weighted by Crippen LogP contribution is -2.33. The van der Waals surface area contributed by atoms with Crippen LogP contribution in [0.3, 0.4) is 0 Å². The quantitative estimate of drug-likeness (QED) is 0.832. The van der Waals surface area contributed by atoms with Gasteiger partial charge in [0.05, 0.1) is 17.4 Å². The van der Waals surface area contributed by atoms with E-state index >= 15 is 0 Å². The van der Waals surface area contributed by atoms with Crippen LogP contribution in [0.25, 0.3) is 0 Å². The fourth-order valence-corrected chi connectivity index (χ4v) is 3.77. The Morgan fingerprint density at radius 1 is 1.33 bits per heavy atom. The highest BCUT2D eigenvalue weighted by atomic mass is 32.2. The molecule has 0 spiro atoms. The summed E-state index contributed by atoms with van der Waals surface area (Å²) in [7, 11) is -3.62. The number of nitrogens with one attached hydrogen (secondary N) is 1. The number of hydrogen-bond donors (Lipinski definition) is 2. The molecule has 1 aromatic rings. The molecule has 0 unspecified atom stereocenters. The molecule has 1 aliphatic rings. The van der Waals surface area contributed by atoms with E-state index in [1.54, 1.807) is 12.1 Å². The van der Waals surface area contributed by atoms with Crippen LogP contribution in [-0.4, -0.2) is 32.1 Å². The second-order valence-corrected chi connectivity index (χ2v) is 6.78. The van der Waals surface area contributed by atoms with Crippen LogP contribution < -0.4 is 9.46 Å². The third-order valence-corrected chi connectivity index (χ3v) is 5.09. The molecule has 1 fully saturated rings. The number of benzene rings is 1. The van der Waals surface area contributed by atoms with Crippen LogP contribution in [0, 0.1) is 5.92 Å². The molecule has 21 heavy (non-hydrogen) atoms. The molecule has 1 aliphatic carbocycles. The molecular formula is C14H19NO5S. The molecule has 0 saturated heterocycles. The molecule has 6 nitrogen and oxygen atoms in total. The summed E-state index contributed by atoms with van der Waals surface area (Å²) in [4.78, 5) is 11.0. The predicted octanol–water partition coefficient (Wildman–Crippen LogP) is 1.62. The van der Waals surface area contributed by atoms with Crippen LogP contribution in [0.4, 0.5) is 0 Å². The fraction of sp³-hybridized carbons (Fsp3) is 0.500. The number of carbonyl (C=O) groups is 1. The minimum atomic E-state index is -3.62. The monoisotopic (exact) mass is 313 g/mol. The van der Waals surface area contributed by atoms with Gasteiger partial charge in [-0.15, -0.1) is 0 Å². The zero-order chi connectivity index (χ0) is 15.5. The molecule has 7 heteroatoms. The first-order valence-corrected chi connectivity index (χ1v) is 8.38. The van der Waals surface area contributed by atoms with Crippen LogP contribution in [0.15, 0.2) is 29.2 Å². The number of sulfonamides is 1. The van der Waals surface area contributed by atoms with Crippen molar-refractivity contribution in [2.45, 2.75) is 37.1 Å². The third-order valence-electron chi connectivity index (χ3n) is 3.55. The molecule has 0 radical (unpaired) electrons. The number of rotatable bonds is 6. The standard InChI is InChI=1S/C14H19NO5S/c1-2-20-12-5-7-13(8-6-12)21(18,19)15-11-4-3-10(9-11)14(16)17/h5-8,10-11,15H,2-4,9H2,1H3,(H,16,17)/t10-,11+/m1/s1. The van der Waals surface area contributed by atoms with Gasteiger partial charge in [-0.05, 0) is 50.5 Å². The maximum atomic E-state index is 12.2. The smallest absolute Gasteiger partial charge is 0.306 e. The van der Waals surface area contributed by atoms with E-state index in [2.05, 4.69) is 4.72 Å². The highest BCUT2D eigenvalue weighted by Crippen LogP contribution is 2.27. The van der Waals surface area contributed by atoms with Gasteiger partial charge in [0.15, 0.2) is 0 Å². The normalized spacial score (nSPS) is 22.1. The molecule has 0 aliphatic heterocycles. The van der Waals surface area contributed by atoms with Crippen LogP contribution in [-0.2, 0) is 14.8 Å². The lowest BCUT2D eigenvalue weighted by atomic mass is 10.1. The largest absolute Gasteiger partial charge is 0.494 e. The molecule has 0 bridgehead atoms. The van der Waals surface area contributed by atoms with E-state index in [1.165, 1.54) is 12.1 Å². The summed E-state index contributed by atoms with van der Waals surface area (Å²) in [6, 6.07) is 5.86. The SMILES string of the molecule is CCOc1ccc(S(=O)(=O)N[C@H]2CC[C@@H](C(=O)O)C2)cc1. The number of carboxylic acid groups (broad SMARTS) is 1. The summed E-state index contributed by atoms with van der Waals surface area (Å²) in [5.74, 6) is -0.709. The molecule has 0 aromatic heterocycles. The molecule has 1 saturated carbocycles. The third kappa shape index (κ3) is 3.95. The molecule has 116 valence electrons. The zero-order valence-corrected chi connectivity index (χ0v) is 12.6. The molecular weight excluding hydrogens is 294 g/mol. The summed E-state index contributed by atoms with van der Waals surface area (Å²) in [5, 5.41) is 8.94. The van der Waals surface area contributed by atoms with E-state index in [-0.39, 0.29) is 10.9 Å². The van der Waals surface area contributed by atoms with Crippen molar-refractivity contribution in [3.8, 4) is 5.75 Å². The first kappa shape index (κ1) is 15.8. The van der Waals surface area contributed by atoms with Gasteiger partial charge < -0.3 is 9.84 Å². The average molecular weight is 313 g/mol. The lowest BCUT2D eigenvalue weighted by Gasteiger charge is -2.13. The van der Waals surface area contributed by atoms with E-state index < -0.39 is 21.9 Å². The van der Waals surface area contributed by atoms with Crippen LogP contribution in [0.1, 0.15) is 26.2 Å². The minimum Gasteiger partial charge on any atom is -0.494 e. The zero-order valence-electron chi connectivity index (χ0n) is 11.8. The van der Waals surface area contributed by atoms with Crippen molar-refractivity contribution in [2.24, 2.45) is 5.92 Å². The van der Waals surface area contributed by atoms with E-state index in [9.17, 15) is 13.2 Å². The minimum absolute atomic E-state index is 0.157. The summed E-state index contributed by atoms with van der Waals surface area (Å²) >= 11 is 0. The van der Waals surface area contributed by atoms with Crippen molar-refractivity contribution >= 4 is 16.0 Å². The van der Waals surface area contributed by atoms with Crippen LogP contribution in [0.2, 0.25) is 0 Å². The molecule has 1 aromatic carbocycles. The number of ether oxygens (including phenoxy) is 1. The van der Waals surface area contributed by atoms with Gasteiger partial charge >= 0.3 is 5.97 Å². The maximum absolute atomic E-state index is 12.2. The van der Waals surface area contributed by atoms with Crippen molar-refractivity contribution in [2.75, 3.05) is 6.61 Å². The van der Waals surface area contributed by atoms with Gasteiger partial charge in [0, 0.05) is 6.04 Å². The highest BCUT2D eigenvalue weighted by Gasteiger charge is 2.32. The van der Waals surface area contributed by atoms with Crippen molar-refractivity contribution < 1.29 is 23.1 Å². The number of hydrogen-bond acceptors (Lipinski definition) is 4. The lowest BCUT2D eigenvalue weighted by molar-refractivity contribution is -0.141. The van der Waals surface area contributed by atoms with Crippen LogP contribution in [0.5, 0.6) is 5.75 Å². The Balaban J connectivity index is 2.03. The first-order valence-electron chi connectivity index (χ1n) is 6.90. The van der Waals surface area contributed by atoms with E-state index in [4.69, 9.17) is 9.84 Å². The van der Waals surface area contributed by atoms with Gasteiger partial charge in [-0.25, -0.2) is 13.1 Å². The predicted molar refractivity (Wildman–Crippen MR) is 76.7 cm³/mol. The van der Waals surface area contributed by atoms with E-state index in [1.807, 2.05) is 6.92 Å². The molecule has 2 N–H and O–H groups in total. The van der Waals surface area contributed by atoms with Crippen LogP contribution >= 0.6 is 0 Å². The summed E-state index contributed by atoms with van der Waals surface area (Å²) in [5.41, 5.74) is 0. The highest BCUT2D eigenvalue weighted by molar-refractivity contribution is 7.89. The molecule has 0 amide bonds. The Morgan fingerprint density at radius 2 is 2.00 bits per heavy atom. The maximum Gasteiger partial charge on any atom is 0.306 e. The summed E-state index contributed by atoms with van der Waals surface area (Å²) in [6.45, 7) is 2.37. The van der Waals surface area contributed by atoms with Crippen molar-refractivity contribution in [1.82, 2.24) is 4.72 Å². The van der Waals surface area contributed by atoms with Gasteiger partial charge in [-0.3, -0.25) is 4.79 Å². The van der Waals surface area contributed by atoms with Gasteiger partial charge in [-0.1, -0.05) is 0 Å². The number of aliphatic carboxylic acids is 1. The summed E-state index contributed by atoms with van der Waals surface area (Å²) < 4.78 is 32.3.